The summed E-state index contributed by atoms with van der Waals surface area (Å²) in [4.78, 5) is 23.8. The first-order valence-corrected chi connectivity index (χ1v) is 9.95. The van der Waals surface area contributed by atoms with Gasteiger partial charge in [-0.1, -0.05) is 90.1 Å². The maximum absolute atomic E-state index is 11.9. The van der Waals surface area contributed by atoms with Crippen LogP contribution in [0, 0.1) is 0 Å². The van der Waals surface area contributed by atoms with Crippen molar-refractivity contribution in [2.75, 3.05) is 0 Å². The largest absolute Gasteiger partial charge is 0.460 e. The van der Waals surface area contributed by atoms with Crippen LogP contribution >= 0.6 is 0 Å². The van der Waals surface area contributed by atoms with Gasteiger partial charge in [0.2, 0.25) is 0 Å². The lowest BCUT2D eigenvalue weighted by atomic mass is 9.87. The predicted molar refractivity (Wildman–Crippen MR) is 114 cm³/mol. The third-order valence-corrected chi connectivity index (χ3v) is 4.73. The minimum absolute atomic E-state index is 0.0754. The summed E-state index contributed by atoms with van der Waals surface area (Å²) in [6.07, 6.45) is -0.389. The summed E-state index contributed by atoms with van der Waals surface area (Å²) in [7, 11) is 0. The molecule has 0 bridgehead atoms. The molecule has 0 unspecified atom stereocenters. The van der Waals surface area contributed by atoms with E-state index >= 15 is 0 Å². The van der Waals surface area contributed by atoms with E-state index in [9.17, 15) is 9.59 Å². The number of carbonyl (C=O) groups excluding carboxylic acids is 2. The molecule has 0 radical (unpaired) electrons. The Labute approximate surface area is 174 Å². The Bertz CT molecular complexity index is 748. The summed E-state index contributed by atoms with van der Waals surface area (Å²) in [5.41, 5.74) is 4.36. The van der Waals surface area contributed by atoms with E-state index in [4.69, 9.17) is 9.47 Å². The minimum Gasteiger partial charge on any atom is -0.460 e. The normalized spacial score (nSPS) is 11.8. The lowest BCUT2D eigenvalue weighted by Gasteiger charge is -2.19. The molecule has 0 fully saturated rings. The van der Waals surface area contributed by atoms with Crippen molar-refractivity contribution in [2.24, 2.45) is 0 Å². The van der Waals surface area contributed by atoms with Gasteiger partial charge in [0.05, 0.1) is 0 Å². The Hall–Kier alpha value is -2.62. The van der Waals surface area contributed by atoms with Crippen LogP contribution < -0.4 is 0 Å². The molecular weight excluding hydrogens is 364 g/mol. The van der Waals surface area contributed by atoms with Crippen LogP contribution in [0.2, 0.25) is 0 Å². The molecule has 0 aliphatic carbocycles. The van der Waals surface area contributed by atoms with Gasteiger partial charge in [0.25, 0.3) is 0 Å². The van der Waals surface area contributed by atoms with Crippen LogP contribution in [-0.4, -0.2) is 11.9 Å². The average Bonchev–Trinajstić information content (AvgIpc) is 2.64. The van der Waals surface area contributed by atoms with E-state index in [-0.39, 0.29) is 30.5 Å². The minimum atomic E-state index is -0.585. The molecule has 0 atom stereocenters. The average molecular weight is 397 g/mol. The number of rotatable bonds is 6. The molecule has 0 aliphatic heterocycles. The molecule has 4 heteroatoms. The highest BCUT2D eigenvalue weighted by Crippen LogP contribution is 2.23. The first kappa shape index (κ1) is 22.7. The number of esters is 2. The molecule has 2 aromatic rings. The topological polar surface area (TPSA) is 52.6 Å². The number of benzene rings is 2. The Morgan fingerprint density at radius 2 is 0.931 bits per heavy atom. The second-order valence-electron chi connectivity index (χ2n) is 9.39. The quantitative estimate of drug-likeness (QED) is 0.481. The molecule has 0 amide bonds. The van der Waals surface area contributed by atoms with Gasteiger partial charge in [-0.15, -0.1) is 0 Å². The van der Waals surface area contributed by atoms with Crippen LogP contribution in [0.4, 0.5) is 0 Å². The highest BCUT2D eigenvalue weighted by atomic mass is 16.6. The summed E-state index contributed by atoms with van der Waals surface area (Å²) in [5, 5.41) is 0. The van der Waals surface area contributed by atoms with Gasteiger partial charge in [-0.2, -0.15) is 0 Å². The number of hydrogen-bond acceptors (Lipinski definition) is 4. The molecule has 0 N–H and O–H groups in total. The van der Waals surface area contributed by atoms with E-state index in [1.54, 1.807) is 0 Å². The highest BCUT2D eigenvalue weighted by Gasteiger charge is 2.16. The van der Waals surface area contributed by atoms with Gasteiger partial charge >= 0.3 is 11.9 Å². The fraction of sp³-hybridized carbons (Fsp3) is 0.440. The van der Waals surface area contributed by atoms with E-state index < -0.39 is 11.9 Å². The smallest absolute Gasteiger partial charge is 0.317 e. The van der Waals surface area contributed by atoms with Crippen molar-refractivity contribution in [1.29, 1.82) is 0 Å². The van der Waals surface area contributed by atoms with Crippen LogP contribution in [0.5, 0.6) is 0 Å². The lowest BCUT2D eigenvalue weighted by Crippen LogP contribution is -2.14. The van der Waals surface area contributed by atoms with Crippen molar-refractivity contribution in [2.45, 2.75) is 72.0 Å². The molecule has 4 nitrogen and oxygen atoms in total. The third kappa shape index (κ3) is 7.37. The van der Waals surface area contributed by atoms with E-state index in [0.717, 1.165) is 11.1 Å². The Morgan fingerprint density at radius 1 is 0.621 bits per heavy atom. The Balaban J connectivity index is 1.75. The number of carbonyl (C=O) groups is 2. The summed E-state index contributed by atoms with van der Waals surface area (Å²) >= 11 is 0. The zero-order valence-corrected chi connectivity index (χ0v) is 18.4. The van der Waals surface area contributed by atoms with Crippen molar-refractivity contribution in [3.05, 3.63) is 70.8 Å². The van der Waals surface area contributed by atoms with Gasteiger partial charge in [0.15, 0.2) is 0 Å². The monoisotopic (exact) mass is 396 g/mol. The summed E-state index contributed by atoms with van der Waals surface area (Å²) < 4.78 is 10.4. The molecule has 0 saturated carbocycles. The van der Waals surface area contributed by atoms with Gasteiger partial charge in [0, 0.05) is 0 Å². The standard InChI is InChI=1S/C25H32O4/c1-24(2,3)20-11-7-18(8-12-20)16-28-22(26)15-23(27)29-17-19-9-13-21(14-10-19)25(4,5)6/h7-14H,15-17H2,1-6H3. The second-order valence-corrected chi connectivity index (χ2v) is 9.39. The van der Waals surface area contributed by atoms with Crippen LogP contribution in [0.15, 0.2) is 48.5 Å². The zero-order valence-electron chi connectivity index (χ0n) is 18.4. The van der Waals surface area contributed by atoms with E-state index in [0.29, 0.717) is 0 Å². The van der Waals surface area contributed by atoms with Crippen LogP contribution in [0.3, 0.4) is 0 Å². The van der Waals surface area contributed by atoms with Crippen LogP contribution in [0.25, 0.3) is 0 Å². The van der Waals surface area contributed by atoms with E-state index in [1.807, 2.05) is 48.5 Å². The van der Waals surface area contributed by atoms with E-state index in [1.165, 1.54) is 11.1 Å². The molecule has 0 aliphatic rings. The molecule has 2 aromatic carbocycles. The summed E-state index contributed by atoms with van der Waals surface area (Å²) in [6.45, 7) is 13.2. The zero-order chi connectivity index (χ0) is 21.7. The van der Waals surface area contributed by atoms with Crippen molar-refractivity contribution in [1.82, 2.24) is 0 Å². The van der Waals surface area contributed by atoms with E-state index in [2.05, 4.69) is 41.5 Å². The fourth-order valence-electron chi connectivity index (χ4n) is 2.75. The molecular formula is C25H32O4. The van der Waals surface area contributed by atoms with Crippen molar-refractivity contribution < 1.29 is 19.1 Å². The van der Waals surface area contributed by atoms with Gasteiger partial charge in [-0.25, -0.2) is 0 Å². The molecule has 2 rings (SSSR count). The summed E-state index contributed by atoms with van der Waals surface area (Å²) in [5.74, 6) is -1.17. The first-order chi connectivity index (χ1) is 13.4. The fourth-order valence-corrected chi connectivity index (χ4v) is 2.75. The van der Waals surface area contributed by atoms with Crippen LogP contribution in [0.1, 0.15) is 70.2 Å². The van der Waals surface area contributed by atoms with Crippen molar-refractivity contribution in [3.8, 4) is 0 Å². The van der Waals surface area contributed by atoms with Crippen molar-refractivity contribution in [3.63, 3.8) is 0 Å². The van der Waals surface area contributed by atoms with Crippen LogP contribution in [-0.2, 0) is 43.1 Å². The van der Waals surface area contributed by atoms with Gasteiger partial charge < -0.3 is 9.47 Å². The second kappa shape index (κ2) is 9.25. The third-order valence-electron chi connectivity index (χ3n) is 4.73. The SMILES string of the molecule is CC(C)(C)c1ccc(COC(=O)CC(=O)OCc2ccc(C(C)(C)C)cc2)cc1. The maximum Gasteiger partial charge on any atom is 0.317 e. The predicted octanol–water partition coefficient (Wildman–Crippen LogP) is 5.46. The number of hydrogen-bond donors (Lipinski definition) is 0. The first-order valence-electron chi connectivity index (χ1n) is 9.95. The van der Waals surface area contributed by atoms with Crippen molar-refractivity contribution >= 4 is 11.9 Å². The molecule has 0 aromatic heterocycles. The molecule has 0 saturated heterocycles. The molecule has 156 valence electrons. The molecule has 29 heavy (non-hydrogen) atoms. The maximum atomic E-state index is 11.9. The Kier molecular flexibility index (Phi) is 7.23. The summed E-state index contributed by atoms with van der Waals surface area (Å²) in [6, 6.07) is 15.9. The van der Waals surface area contributed by atoms with Gasteiger partial charge in [0.1, 0.15) is 19.6 Å². The number of ether oxygens (including phenoxy) is 2. The molecule has 0 spiro atoms. The Morgan fingerprint density at radius 3 is 1.21 bits per heavy atom. The lowest BCUT2D eigenvalue weighted by molar-refractivity contribution is -0.156. The van der Waals surface area contributed by atoms with Gasteiger partial charge in [-0.3, -0.25) is 9.59 Å². The highest BCUT2D eigenvalue weighted by molar-refractivity contribution is 5.91. The molecule has 0 heterocycles. The van der Waals surface area contributed by atoms with Gasteiger partial charge in [-0.05, 0) is 33.1 Å².